The molecule has 4 rings (SSSR count). The molecule has 1 N–H and O–H groups in total. The number of amides is 1. The summed E-state index contributed by atoms with van der Waals surface area (Å²) in [6, 6.07) is 16.2. The van der Waals surface area contributed by atoms with Gasteiger partial charge in [-0.2, -0.15) is 5.10 Å². The van der Waals surface area contributed by atoms with Gasteiger partial charge >= 0.3 is 0 Å². The van der Waals surface area contributed by atoms with Crippen LogP contribution in [0.2, 0.25) is 0 Å². The third-order valence-corrected chi connectivity index (χ3v) is 5.05. The van der Waals surface area contributed by atoms with E-state index in [9.17, 15) is 4.79 Å². The summed E-state index contributed by atoms with van der Waals surface area (Å²) in [5, 5.41) is 7.56. The smallest absolute Gasteiger partial charge is 0.254 e. The second kappa shape index (κ2) is 7.72. The van der Waals surface area contributed by atoms with Crippen LogP contribution in [0.5, 0.6) is 0 Å². The van der Waals surface area contributed by atoms with Gasteiger partial charge in [0.2, 0.25) is 0 Å². The molecule has 0 spiro atoms. The number of nitrogens with one attached hydrogen (secondary N) is 1. The summed E-state index contributed by atoms with van der Waals surface area (Å²) in [6.07, 6.45) is 4.13. The van der Waals surface area contributed by atoms with Gasteiger partial charge in [-0.3, -0.25) is 4.79 Å². The highest BCUT2D eigenvalue weighted by atomic mass is 16.2. The molecule has 1 aromatic heterocycles. The molecule has 0 aliphatic carbocycles. The van der Waals surface area contributed by atoms with Crippen LogP contribution in [0.25, 0.3) is 5.69 Å². The van der Waals surface area contributed by atoms with E-state index in [1.54, 1.807) is 11.0 Å². The van der Waals surface area contributed by atoms with E-state index in [1.165, 1.54) is 17.5 Å². The fourth-order valence-corrected chi connectivity index (χ4v) is 3.51. The van der Waals surface area contributed by atoms with E-state index in [2.05, 4.69) is 46.6 Å². The van der Waals surface area contributed by atoms with Gasteiger partial charge in [-0.15, -0.1) is 0 Å². The molecule has 2 aromatic carbocycles. The average Bonchev–Trinajstić information content (AvgIpc) is 3.28. The lowest BCUT2D eigenvalue weighted by Crippen LogP contribution is -2.48. The van der Waals surface area contributed by atoms with E-state index >= 15 is 0 Å². The minimum Gasteiger partial charge on any atom is -0.329 e. The van der Waals surface area contributed by atoms with Gasteiger partial charge in [0.25, 0.3) is 5.91 Å². The quantitative estimate of drug-likeness (QED) is 0.776. The molecule has 1 atom stereocenters. The lowest BCUT2D eigenvalue weighted by molar-refractivity contribution is 0.0634. The Hall–Kier alpha value is -2.99. The van der Waals surface area contributed by atoms with Crippen molar-refractivity contribution < 1.29 is 4.79 Å². The minimum atomic E-state index is 0.0344. The number of nitrogens with zero attached hydrogens (tertiary/aromatic N) is 4. The maximum atomic E-state index is 13.3. The van der Waals surface area contributed by atoms with E-state index in [1.807, 2.05) is 29.2 Å². The third kappa shape index (κ3) is 3.61. The third-order valence-electron chi connectivity index (χ3n) is 5.05. The maximum Gasteiger partial charge on any atom is 0.254 e. The number of piperazine rings is 1. The number of benzene rings is 2. The van der Waals surface area contributed by atoms with Crippen LogP contribution in [0.4, 0.5) is 0 Å². The highest BCUT2D eigenvalue weighted by Gasteiger charge is 2.28. The van der Waals surface area contributed by atoms with Crippen molar-refractivity contribution in [3.8, 4) is 5.69 Å². The summed E-state index contributed by atoms with van der Waals surface area (Å²) in [5.41, 5.74) is 3.97. The molecule has 2 heterocycles. The van der Waals surface area contributed by atoms with Crippen LogP contribution < -0.4 is 5.32 Å². The van der Waals surface area contributed by atoms with Crippen molar-refractivity contribution >= 4 is 5.91 Å². The first-order valence-corrected chi connectivity index (χ1v) is 9.32. The molecule has 0 saturated carbocycles. The first-order valence-electron chi connectivity index (χ1n) is 9.32. The maximum absolute atomic E-state index is 13.3. The van der Waals surface area contributed by atoms with Crippen LogP contribution in [0.15, 0.2) is 61.2 Å². The Morgan fingerprint density at radius 2 is 2.07 bits per heavy atom. The van der Waals surface area contributed by atoms with Crippen molar-refractivity contribution in [3.05, 3.63) is 77.9 Å². The largest absolute Gasteiger partial charge is 0.329 e. The van der Waals surface area contributed by atoms with Crippen LogP contribution in [-0.2, 0) is 6.42 Å². The molecule has 1 aliphatic rings. The van der Waals surface area contributed by atoms with E-state index in [-0.39, 0.29) is 11.9 Å². The SMILES string of the molecule is CCc1ccc(C2CNCCN2C(=O)c2cccc(-n3cncn3)c2)cc1. The van der Waals surface area contributed by atoms with Crippen LogP contribution in [0.1, 0.15) is 34.5 Å². The number of carbonyl (C=O) groups excluding carboxylic acids is 1. The molecule has 27 heavy (non-hydrogen) atoms. The minimum absolute atomic E-state index is 0.0344. The van der Waals surface area contributed by atoms with Gasteiger partial charge in [0.05, 0.1) is 11.7 Å². The van der Waals surface area contributed by atoms with E-state index in [0.29, 0.717) is 12.1 Å². The fourth-order valence-electron chi connectivity index (χ4n) is 3.51. The van der Waals surface area contributed by atoms with Crippen molar-refractivity contribution in [2.45, 2.75) is 19.4 Å². The van der Waals surface area contributed by atoms with Gasteiger partial charge < -0.3 is 10.2 Å². The Balaban J connectivity index is 1.61. The number of aryl methyl sites for hydroxylation is 1. The van der Waals surface area contributed by atoms with E-state index in [0.717, 1.165) is 25.2 Å². The van der Waals surface area contributed by atoms with Gasteiger partial charge in [0, 0.05) is 25.2 Å². The van der Waals surface area contributed by atoms with E-state index < -0.39 is 0 Å². The molecule has 138 valence electrons. The summed E-state index contributed by atoms with van der Waals surface area (Å²) in [5.74, 6) is 0.0445. The normalized spacial score (nSPS) is 17.1. The molecular formula is C21H23N5O. The lowest BCUT2D eigenvalue weighted by Gasteiger charge is -2.36. The molecule has 3 aromatic rings. The van der Waals surface area contributed by atoms with Crippen LogP contribution in [0.3, 0.4) is 0 Å². The van der Waals surface area contributed by atoms with Crippen LogP contribution in [0, 0.1) is 0 Å². The zero-order valence-electron chi connectivity index (χ0n) is 15.4. The number of aromatic nitrogens is 3. The molecule has 1 fully saturated rings. The first kappa shape index (κ1) is 17.4. The van der Waals surface area contributed by atoms with Gasteiger partial charge in [-0.05, 0) is 35.7 Å². The van der Waals surface area contributed by atoms with Crippen molar-refractivity contribution in [2.75, 3.05) is 19.6 Å². The molecule has 0 radical (unpaired) electrons. The lowest BCUT2D eigenvalue weighted by atomic mass is 10.00. The van der Waals surface area contributed by atoms with Crippen LogP contribution in [-0.4, -0.2) is 45.2 Å². The molecule has 1 saturated heterocycles. The van der Waals surface area contributed by atoms with Gasteiger partial charge in [0.1, 0.15) is 12.7 Å². The topological polar surface area (TPSA) is 63.1 Å². The Morgan fingerprint density at radius 3 is 2.81 bits per heavy atom. The van der Waals surface area contributed by atoms with Crippen LogP contribution >= 0.6 is 0 Å². The highest BCUT2D eigenvalue weighted by molar-refractivity contribution is 5.95. The average molecular weight is 361 g/mol. The molecule has 1 aliphatic heterocycles. The highest BCUT2D eigenvalue weighted by Crippen LogP contribution is 2.25. The Bertz CT molecular complexity index is 905. The Morgan fingerprint density at radius 1 is 1.22 bits per heavy atom. The monoisotopic (exact) mass is 361 g/mol. The summed E-state index contributed by atoms with van der Waals surface area (Å²) >= 11 is 0. The number of hydrogen-bond donors (Lipinski definition) is 1. The summed E-state index contributed by atoms with van der Waals surface area (Å²) in [7, 11) is 0. The van der Waals surface area contributed by atoms with Crippen molar-refractivity contribution in [3.63, 3.8) is 0 Å². The van der Waals surface area contributed by atoms with Gasteiger partial charge in [-0.1, -0.05) is 37.3 Å². The number of hydrogen-bond acceptors (Lipinski definition) is 4. The summed E-state index contributed by atoms with van der Waals surface area (Å²) in [6.45, 7) is 4.40. The van der Waals surface area contributed by atoms with E-state index in [4.69, 9.17) is 0 Å². The second-order valence-corrected chi connectivity index (χ2v) is 6.70. The van der Waals surface area contributed by atoms with Crippen molar-refractivity contribution in [1.29, 1.82) is 0 Å². The fraction of sp³-hybridized carbons (Fsp3) is 0.286. The molecular weight excluding hydrogens is 338 g/mol. The molecule has 6 nitrogen and oxygen atoms in total. The predicted octanol–water partition coefficient (Wildman–Crippen LogP) is 2.62. The Kier molecular flexibility index (Phi) is 4.98. The summed E-state index contributed by atoms with van der Waals surface area (Å²) < 4.78 is 1.66. The molecule has 6 heteroatoms. The van der Waals surface area contributed by atoms with Crippen molar-refractivity contribution in [2.24, 2.45) is 0 Å². The Labute approximate surface area is 158 Å². The first-order chi connectivity index (χ1) is 13.3. The zero-order chi connectivity index (χ0) is 18.6. The summed E-state index contributed by atoms with van der Waals surface area (Å²) in [4.78, 5) is 19.2. The number of rotatable bonds is 4. The number of carbonyl (C=O) groups is 1. The molecule has 1 unspecified atom stereocenters. The van der Waals surface area contributed by atoms with Gasteiger partial charge in [-0.25, -0.2) is 9.67 Å². The van der Waals surface area contributed by atoms with Crippen molar-refractivity contribution in [1.82, 2.24) is 25.0 Å². The zero-order valence-corrected chi connectivity index (χ0v) is 15.4. The standard InChI is InChI=1S/C21H23N5O/c1-2-16-6-8-17(9-7-16)20-13-22-10-11-25(20)21(27)18-4-3-5-19(12-18)26-15-23-14-24-26/h3-9,12,14-15,20,22H,2,10-11,13H2,1H3. The molecule has 1 amide bonds. The second-order valence-electron chi connectivity index (χ2n) is 6.70. The molecule has 0 bridgehead atoms. The van der Waals surface area contributed by atoms with Gasteiger partial charge in [0.15, 0.2) is 0 Å². The predicted molar refractivity (Wildman–Crippen MR) is 104 cm³/mol.